The van der Waals surface area contributed by atoms with Crippen LogP contribution in [-0.4, -0.2) is 11.0 Å². The van der Waals surface area contributed by atoms with Crippen LogP contribution in [0.25, 0.3) is 10.9 Å². The van der Waals surface area contributed by atoms with Crippen molar-refractivity contribution in [2.75, 3.05) is 0 Å². The minimum atomic E-state index is 0.634. The van der Waals surface area contributed by atoms with Gasteiger partial charge in [-0.3, -0.25) is 0 Å². The zero-order valence-corrected chi connectivity index (χ0v) is 12.5. The van der Waals surface area contributed by atoms with Gasteiger partial charge in [0.05, 0.1) is 0 Å². The summed E-state index contributed by atoms with van der Waals surface area (Å²) in [5, 5.41) is 5.05. The first kappa shape index (κ1) is 13.7. The molecule has 0 unspecified atom stereocenters. The van der Waals surface area contributed by atoms with Crippen LogP contribution in [0.2, 0.25) is 0 Å². The summed E-state index contributed by atoms with van der Waals surface area (Å²) in [7, 11) is 0. The van der Waals surface area contributed by atoms with Crippen LogP contribution in [-0.2, 0) is 6.54 Å². The number of fused-ring (bicyclic) bond motifs is 1. The van der Waals surface area contributed by atoms with Crippen LogP contribution in [0, 0.1) is 5.92 Å². The van der Waals surface area contributed by atoms with E-state index >= 15 is 0 Å². The minimum Gasteiger partial charge on any atom is -0.361 e. The molecule has 2 heteroatoms. The Morgan fingerprint density at radius 3 is 2.75 bits per heavy atom. The summed E-state index contributed by atoms with van der Waals surface area (Å²) in [5.41, 5.74) is 2.61. The van der Waals surface area contributed by atoms with Crippen molar-refractivity contribution in [1.29, 1.82) is 0 Å². The number of aromatic amines is 1. The summed E-state index contributed by atoms with van der Waals surface area (Å²) < 4.78 is 0. The van der Waals surface area contributed by atoms with Crippen LogP contribution in [0.3, 0.4) is 0 Å². The number of nitrogens with one attached hydrogen (secondary N) is 2. The summed E-state index contributed by atoms with van der Waals surface area (Å²) in [6.45, 7) is 3.35. The molecule has 0 aliphatic heterocycles. The van der Waals surface area contributed by atoms with E-state index in [2.05, 4.69) is 41.5 Å². The summed E-state index contributed by atoms with van der Waals surface area (Å²) >= 11 is 0. The van der Waals surface area contributed by atoms with E-state index in [-0.39, 0.29) is 0 Å². The zero-order chi connectivity index (χ0) is 13.8. The van der Waals surface area contributed by atoms with Gasteiger partial charge in [0.15, 0.2) is 0 Å². The first-order valence-corrected chi connectivity index (χ1v) is 8.12. The Morgan fingerprint density at radius 1 is 1.15 bits per heavy atom. The highest BCUT2D eigenvalue weighted by Crippen LogP contribution is 2.25. The fraction of sp³-hybridized carbons (Fsp3) is 0.556. The molecule has 108 valence electrons. The van der Waals surface area contributed by atoms with Gasteiger partial charge in [0.1, 0.15) is 0 Å². The highest BCUT2D eigenvalue weighted by Gasteiger charge is 2.18. The minimum absolute atomic E-state index is 0.634. The van der Waals surface area contributed by atoms with Gasteiger partial charge in [0.2, 0.25) is 0 Å². The predicted molar refractivity (Wildman–Crippen MR) is 85.8 cm³/mol. The third-order valence-corrected chi connectivity index (χ3v) is 4.85. The molecule has 1 aromatic carbocycles. The molecule has 1 heterocycles. The average molecular weight is 270 g/mol. The van der Waals surface area contributed by atoms with E-state index in [0.717, 1.165) is 12.5 Å². The summed E-state index contributed by atoms with van der Waals surface area (Å²) in [4.78, 5) is 3.25. The van der Waals surface area contributed by atoms with Crippen molar-refractivity contribution in [2.24, 2.45) is 5.92 Å². The quantitative estimate of drug-likeness (QED) is 0.780. The van der Waals surface area contributed by atoms with Crippen molar-refractivity contribution in [1.82, 2.24) is 10.3 Å². The van der Waals surface area contributed by atoms with Crippen LogP contribution in [0.5, 0.6) is 0 Å². The molecule has 0 saturated heterocycles. The fourth-order valence-corrected chi connectivity index (χ4v) is 3.47. The lowest BCUT2D eigenvalue weighted by molar-refractivity contribution is 0.337. The van der Waals surface area contributed by atoms with Crippen molar-refractivity contribution in [3.63, 3.8) is 0 Å². The van der Waals surface area contributed by atoms with Crippen molar-refractivity contribution >= 4 is 10.9 Å². The molecule has 1 fully saturated rings. The fourth-order valence-electron chi connectivity index (χ4n) is 3.47. The molecule has 1 atom stereocenters. The highest BCUT2D eigenvalue weighted by molar-refractivity contribution is 5.79. The van der Waals surface area contributed by atoms with E-state index < -0.39 is 0 Å². The van der Waals surface area contributed by atoms with Gasteiger partial charge in [-0.25, -0.2) is 0 Å². The van der Waals surface area contributed by atoms with E-state index in [1.54, 1.807) is 0 Å². The van der Waals surface area contributed by atoms with E-state index in [1.807, 2.05) is 6.20 Å². The van der Waals surface area contributed by atoms with E-state index in [1.165, 1.54) is 55.0 Å². The van der Waals surface area contributed by atoms with Crippen molar-refractivity contribution < 1.29 is 0 Å². The predicted octanol–water partition coefficient (Wildman–Crippen LogP) is 4.62. The molecule has 0 radical (unpaired) electrons. The van der Waals surface area contributed by atoms with Crippen LogP contribution in [0.1, 0.15) is 51.0 Å². The lowest BCUT2D eigenvalue weighted by atomic mass is 9.93. The van der Waals surface area contributed by atoms with Gasteiger partial charge in [-0.05, 0) is 54.8 Å². The lowest BCUT2D eigenvalue weighted by Gasteiger charge is -2.23. The number of benzene rings is 1. The number of H-pyrrole nitrogens is 1. The molecule has 3 rings (SSSR count). The van der Waals surface area contributed by atoms with Crippen LogP contribution in [0.15, 0.2) is 30.5 Å². The average Bonchev–Trinajstić information content (AvgIpc) is 2.76. The normalized spacial score (nSPS) is 19.1. The summed E-state index contributed by atoms with van der Waals surface area (Å²) in [6.07, 6.45) is 10.5. The van der Waals surface area contributed by atoms with Crippen LogP contribution < -0.4 is 5.32 Å². The van der Waals surface area contributed by atoms with Gasteiger partial charge in [-0.1, -0.05) is 31.7 Å². The Balaban J connectivity index is 1.57. The highest BCUT2D eigenvalue weighted by atomic mass is 14.9. The lowest BCUT2D eigenvalue weighted by Crippen LogP contribution is -2.32. The topological polar surface area (TPSA) is 27.8 Å². The van der Waals surface area contributed by atoms with Gasteiger partial charge in [0, 0.05) is 24.3 Å². The van der Waals surface area contributed by atoms with Crippen molar-refractivity contribution in [2.45, 2.75) is 58.0 Å². The second kappa shape index (κ2) is 6.45. The number of aromatic nitrogens is 1. The Hall–Kier alpha value is -1.28. The number of hydrogen-bond acceptors (Lipinski definition) is 1. The molecule has 1 aliphatic rings. The molecular formula is C18H26N2. The monoisotopic (exact) mass is 270 g/mol. The van der Waals surface area contributed by atoms with Crippen molar-refractivity contribution in [3.05, 3.63) is 36.0 Å². The van der Waals surface area contributed by atoms with Gasteiger partial charge >= 0.3 is 0 Å². The van der Waals surface area contributed by atoms with Crippen LogP contribution >= 0.6 is 0 Å². The second-order valence-electron chi connectivity index (χ2n) is 6.32. The van der Waals surface area contributed by atoms with E-state index in [0.29, 0.717) is 6.04 Å². The first-order chi connectivity index (χ1) is 9.83. The maximum Gasteiger partial charge on any atom is 0.0454 e. The molecule has 0 amide bonds. The molecule has 1 aliphatic carbocycles. The third kappa shape index (κ3) is 3.24. The molecule has 1 aromatic heterocycles. The molecule has 1 saturated carbocycles. The van der Waals surface area contributed by atoms with E-state index in [9.17, 15) is 0 Å². The van der Waals surface area contributed by atoms with E-state index in [4.69, 9.17) is 0 Å². The van der Waals surface area contributed by atoms with Gasteiger partial charge in [0.25, 0.3) is 0 Å². The first-order valence-electron chi connectivity index (χ1n) is 8.12. The summed E-state index contributed by atoms with van der Waals surface area (Å²) in [6, 6.07) is 9.48. The number of rotatable bonds is 4. The smallest absolute Gasteiger partial charge is 0.0454 e. The molecular weight excluding hydrogens is 244 g/mol. The largest absolute Gasteiger partial charge is 0.361 e. The Morgan fingerprint density at radius 2 is 1.95 bits per heavy atom. The maximum atomic E-state index is 3.74. The van der Waals surface area contributed by atoms with Gasteiger partial charge in [-0.2, -0.15) is 0 Å². The Labute approximate surface area is 122 Å². The third-order valence-electron chi connectivity index (χ3n) is 4.85. The molecule has 20 heavy (non-hydrogen) atoms. The van der Waals surface area contributed by atoms with Gasteiger partial charge < -0.3 is 10.3 Å². The zero-order valence-electron chi connectivity index (χ0n) is 12.5. The molecule has 2 nitrogen and oxygen atoms in total. The second-order valence-corrected chi connectivity index (χ2v) is 6.32. The SMILES string of the molecule is C[C@@H](NCc1ccc2[nH]ccc2c1)C1CCCCCC1. The van der Waals surface area contributed by atoms with Crippen LogP contribution in [0.4, 0.5) is 0 Å². The standard InChI is InChI=1S/C18H26N2/c1-14(16-6-4-2-3-5-7-16)20-13-15-8-9-18-17(12-15)10-11-19-18/h8-12,14,16,19-20H,2-7,13H2,1H3/t14-/m1/s1. The maximum absolute atomic E-state index is 3.74. The molecule has 0 spiro atoms. The Bertz CT molecular complexity index is 535. The molecule has 2 N–H and O–H groups in total. The molecule has 0 bridgehead atoms. The van der Waals surface area contributed by atoms with Crippen molar-refractivity contribution in [3.8, 4) is 0 Å². The summed E-state index contributed by atoms with van der Waals surface area (Å²) in [5.74, 6) is 0.869. The van der Waals surface area contributed by atoms with Gasteiger partial charge in [-0.15, -0.1) is 0 Å². The Kier molecular flexibility index (Phi) is 4.41. The molecule has 2 aromatic rings. The number of hydrogen-bond donors (Lipinski definition) is 2.